The zero-order chi connectivity index (χ0) is 12.6. The van der Waals surface area contributed by atoms with Gasteiger partial charge in [0, 0.05) is 13.0 Å². The number of hydrogen-bond donors (Lipinski definition) is 1. The summed E-state index contributed by atoms with van der Waals surface area (Å²) in [6.45, 7) is 0. The SMILES string of the molecule is COC(=O)c1nc(C2CCC2)n(C)c(=O)c1O. The molecule has 17 heavy (non-hydrogen) atoms. The van der Waals surface area contributed by atoms with Crippen LogP contribution in [0.25, 0.3) is 0 Å². The van der Waals surface area contributed by atoms with Crippen LogP contribution in [-0.2, 0) is 11.8 Å². The highest BCUT2D eigenvalue weighted by molar-refractivity contribution is 5.89. The number of nitrogens with zero attached hydrogens (tertiary/aromatic N) is 2. The molecule has 0 aromatic carbocycles. The number of aromatic hydroxyl groups is 1. The zero-order valence-corrected chi connectivity index (χ0v) is 9.77. The van der Waals surface area contributed by atoms with Crippen LogP contribution in [0.1, 0.15) is 41.5 Å². The molecule has 1 N–H and O–H groups in total. The van der Waals surface area contributed by atoms with E-state index in [-0.39, 0.29) is 11.6 Å². The molecule has 1 saturated carbocycles. The number of methoxy groups -OCH3 is 1. The number of ether oxygens (including phenoxy) is 1. The minimum absolute atomic E-state index is 0.191. The second kappa shape index (κ2) is 4.20. The number of esters is 1. The molecule has 1 aliphatic carbocycles. The minimum Gasteiger partial charge on any atom is -0.501 e. The molecule has 0 radical (unpaired) electrons. The van der Waals surface area contributed by atoms with Crippen LogP contribution >= 0.6 is 0 Å². The lowest BCUT2D eigenvalue weighted by atomic mass is 9.84. The molecule has 1 aromatic heterocycles. The second-order valence-corrected chi connectivity index (χ2v) is 4.15. The van der Waals surface area contributed by atoms with Crippen LogP contribution in [-0.4, -0.2) is 27.7 Å². The van der Waals surface area contributed by atoms with E-state index in [1.54, 1.807) is 7.05 Å². The molecular weight excluding hydrogens is 224 g/mol. The standard InChI is InChI=1S/C11H14N2O4/c1-13-9(6-4-3-5-6)12-7(11(16)17-2)8(14)10(13)15/h6,14H,3-5H2,1-2H3. The number of hydrogen-bond acceptors (Lipinski definition) is 5. The van der Waals surface area contributed by atoms with Crippen molar-refractivity contribution in [2.24, 2.45) is 7.05 Å². The molecule has 2 rings (SSSR count). The van der Waals surface area contributed by atoms with E-state index in [1.807, 2.05) is 0 Å². The zero-order valence-electron chi connectivity index (χ0n) is 9.77. The third kappa shape index (κ3) is 1.79. The highest BCUT2D eigenvalue weighted by atomic mass is 16.5. The molecule has 1 aromatic rings. The summed E-state index contributed by atoms with van der Waals surface area (Å²) < 4.78 is 5.79. The Balaban J connectivity index is 2.57. The van der Waals surface area contributed by atoms with Crippen LogP contribution in [0.2, 0.25) is 0 Å². The fraction of sp³-hybridized carbons (Fsp3) is 0.545. The van der Waals surface area contributed by atoms with Crippen molar-refractivity contribution in [2.75, 3.05) is 7.11 Å². The molecular formula is C11H14N2O4. The van der Waals surface area contributed by atoms with Gasteiger partial charge in [0.25, 0.3) is 5.56 Å². The van der Waals surface area contributed by atoms with Crippen molar-refractivity contribution in [3.8, 4) is 5.75 Å². The van der Waals surface area contributed by atoms with Gasteiger partial charge in [0.1, 0.15) is 5.82 Å². The molecule has 0 aliphatic heterocycles. The first-order chi connectivity index (χ1) is 8.06. The fourth-order valence-electron chi connectivity index (χ4n) is 1.88. The van der Waals surface area contributed by atoms with Gasteiger partial charge in [-0.05, 0) is 12.8 Å². The van der Waals surface area contributed by atoms with Gasteiger partial charge in [0.2, 0.25) is 5.75 Å². The van der Waals surface area contributed by atoms with Crippen LogP contribution in [0, 0.1) is 0 Å². The monoisotopic (exact) mass is 238 g/mol. The molecule has 1 aliphatic rings. The first-order valence-corrected chi connectivity index (χ1v) is 5.44. The maximum atomic E-state index is 11.7. The second-order valence-electron chi connectivity index (χ2n) is 4.15. The van der Waals surface area contributed by atoms with Gasteiger partial charge in [-0.25, -0.2) is 9.78 Å². The Kier molecular flexibility index (Phi) is 2.87. The van der Waals surface area contributed by atoms with Gasteiger partial charge in [-0.3, -0.25) is 9.36 Å². The summed E-state index contributed by atoms with van der Waals surface area (Å²) in [5, 5.41) is 9.58. The van der Waals surface area contributed by atoms with Crippen LogP contribution in [0.3, 0.4) is 0 Å². The van der Waals surface area contributed by atoms with Crippen LogP contribution in [0.4, 0.5) is 0 Å². The lowest BCUT2D eigenvalue weighted by Gasteiger charge is -2.26. The van der Waals surface area contributed by atoms with Crippen molar-refractivity contribution in [2.45, 2.75) is 25.2 Å². The van der Waals surface area contributed by atoms with Gasteiger partial charge >= 0.3 is 5.97 Å². The van der Waals surface area contributed by atoms with E-state index in [9.17, 15) is 14.7 Å². The Morgan fingerprint density at radius 3 is 2.65 bits per heavy atom. The van der Waals surface area contributed by atoms with Gasteiger partial charge < -0.3 is 9.84 Å². The quantitative estimate of drug-likeness (QED) is 0.760. The molecule has 1 fully saturated rings. The topological polar surface area (TPSA) is 81.4 Å². The number of rotatable bonds is 2. The van der Waals surface area contributed by atoms with Crippen molar-refractivity contribution in [1.29, 1.82) is 0 Å². The largest absolute Gasteiger partial charge is 0.501 e. The molecule has 0 amide bonds. The van der Waals surface area contributed by atoms with Crippen molar-refractivity contribution in [1.82, 2.24) is 9.55 Å². The van der Waals surface area contributed by atoms with Gasteiger partial charge in [-0.2, -0.15) is 0 Å². The first kappa shape index (κ1) is 11.6. The normalized spacial score (nSPS) is 15.4. The Bertz CT molecular complexity index is 517. The average molecular weight is 238 g/mol. The predicted molar refractivity (Wildman–Crippen MR) is 59.1 cm³/mol. The van der Waals surface area contributed by atoms with Gasteiger partial charge in [0.05, 0.1) is 7.11 Å². The molecule has 6 nitrogen and oxygen atoms in total. The molecule has 6 heteroatoms. The minimum atomic E-state index is -0.791. The lowest BCUT2D eigenvalue weighted by Crippen LogP contribution is -2.29. The summed E-state index contributed by atoms with van der Waals surface area (Å²) in [5.74, 6) is -0.709. The van der Waals surface area contributed by atoms with E-state index >= 15 is 0 Å². The number of aromatic nitrogens is 2. The summed E-state index contributed by atoms with van der Waals surface area (Å²) >= 11 is 0. The van der Waals surface area contributed by atoms with Crippen LogP contribution in [0.15, 0.2) is 4.79 Å². The molecule has 0 unspecified atom stereocenters. The van der Waals surface area contributed by atoms with E-state index < -0.39 is 17.3 Å². The van der Waals surface area contributed by atoms with Crippen molar-refractivity contribution in [3.63, 3.8) is 0 Å². The smallest absolute Gasteiger partial charge is 0.360 e. The number of carbonyl (C=O) groups is 1. The third-order valence-corrected chi connectivity index (χ3v) is 3.15. The van der Waals surface area contributed by atoms with E-state index in [0.717, 1.165) is 19.3 Å². The summed E-state index contributed by atoms with van der Waals surface area (Å²) in [6.07, 6.45) is 2.99. The average Bonchev–Trinajstić information content (AvgIpc) is 2.26. The molecule has 0 bridgehead atoms. The Morgan fingerprint density at radius 1 is 1.53 bits per heavy atom. The van der Waals surface area contributed by atoms with Crippen molar-refractivity contribution >= 4 is 5.97 Å². The molecule has 0 saturated heterocycles. The summed E-state index contributed by atoms with van der Waals surface area (Å²) in [7, 11) is 2.73. The van der Waals surface area contributed by atoms with E-state index in [4.69, 9.17) is 0 Å². The highest BCUT2D eigenvalue weighted by Crippen LogP contribution is 2.35. The highest BCUT2D eigenvalue weighted by Gasteiger charge is 2.28. The number of carbonyl (C=O) groups excluding carboxylic acids is 1. The van der Waals surface area contributed by atoms with Gasteiger partial charge in [-0.1, -0.05) is 6.42 Å². The Hall–Kier alpha value is -1.85. The van der Waals surface area contributed by atoms with Gasteiger partial charge in [-0.15, -0.1) is 0 Å². The molecule has 92 valence electrons. The maximum absolute atomic E-state index is 11.7. The molecule has 0 atom stereocenters. The first-order valence-electron chi connectivity index (χ1n) is 5.44. The van der Waals surface area contributed by atoms with E-state index in [1.165, 1.54) is 11.7 Å². The van der Waals surface area contributed by atoms with Crippen LogP contribution in [0.5, 0.6) is 5.75 Å². The predicted octanol–water partition coefficient (Wildman–Crippen LogP) is 0.540. The molecule has 0 spiro atoms. The van der Waals surface area contributed by atoms with Crippen LogP contribution < -0.4 is 5.56 Å². The lowest BCUT2D eigenvalue weighted by molar-refractivity contribution is 0.0588. The van der Waals surface area contributed by atoms with Crippen molar-refractivity contribution in [3.05, 3.63) is 21.9 Å². The Labute approximate surface area is 97.9 Å². The summed E-state index contributed by atoms with van der Waals surface area (Å²) in [5.41, 5.74) is -0.903. The molecule has 1 heterocycles. The summed E-state index contributed by atoms with van der Waals surface area (Å²) in [4.78, 5) is 27.2. The third-order valence-electron chi connectivity index (χ3n) is 3.15. The Morgan fingerprint density at radius 2 is 2.18 bits per heavy atom. The van der Waals surface area contributed by atoms with E-state index in [2.05, 4.69) is 9.72 Å². The van der Waals surface area contributed by atoms with E-state index in [0.29, 0.717) is 5.82 Å². The maximum Gasteiger partial charge on any atom is 0.360 e. The van der Waals surface area contributed by atoms with Gasteiger partial charge in [0.15, 0.2) is 5.69 Å². The van der Waals surface area contributed by atoms with Crippen molar-refractivity contribution < 1.29 is 14.6 Å². The fourth-order valence-corrected chi connectivity index (χ4v) is 1.88. The summed E-state index contributed by atoms with van der Waals surface area (Å²) in [6, 6.07) is 0.